The Bertz CT molecular complexity index is 676. The van der Waals surface area contributed by atoms with Crippen LogP contribution in [-0.4, -0.2) is 43.4 Å². The van der Waals surface area contributed by atoms with Crippen molar-refractivity contribution in [3.63, 3.8) is 0 Å². The van der Waals surface area contributed by atoms with Gasteiger partial charge >= 0.3 is 0 Å². The van der Waals surface area contributed by atoms with E-state index in [9.17, 15) is 23.1 Å². The van der Waals surface area contributed by atoms with Crippen molar-refractivity contribution >= 4 is 27.6 Å². The summed E-state index contributed by atoms with van der Waals surface area (Å²) in [5.41, 5.74) is 0.546. The predicted molar refractivity (Wildman–Crippen MR) is 83.2 cm³/mol. The smallest absolute Gasteiger partial charge is 0.227 e. The number of amides is 1. The van der Waals surface area contributed by atoms with Crippen LogP contribution < -0.4 is 10.4 Å². The molecule has 2 rings (SSSR count). The largest absolute Gasteiger partial charge is 0.545 e. The van der Waals surface area contributed by atoms with Crippen molar-refractivity contribution in [2.24, 2.45) is 5.92 Å². The summed E-state index contributed by atoms with van der Waals surface area (Å²) in [6.07, 6.45) is 0.949. The quantitative estimate of drug-likeness (QED) is 0.816. The maximum absolute atomic E-state index is 12.2. The van der Waals surface area contributed by atoms with E-state index in [1.54, 1.807) is 6.92 Å². The molecule has 0 aromatic heterocycles. The van der Waals surface area contributed by atoms with Gasteiger partial charge in [-0.05, 0) is 37.5 Å². The Morgan fingerprint density at radius 2 is 1.78 bits per heavy atom. The van der Waals surface area contributed by atoms with Gasteiger partial charge in [0.1, 0.15) is 0 Å². The Hall–Kier alpha value is -1.93. The molecule has 126 valence electrons. The molecule has 0 aliphatic carbocycles. The molecule has 0 unspecified atom stereocenters. The van der Waals surface area contributed by atoms with Gasteiger partial charge in [-0.1, -0.05) is 12.1 Å². The highest BCUT2D eigenvalue weighted by Crippen LogP contribution is 2.21. The highest BCUT2D eigenvalue weighted by Gasteiger charge is 2.30. The molecule has 1 aliphatic heterocycles. The number of rotatable bonds is 5. The van der Waals surface area contributed by atoms with E-state index in [1.165, 1.54) is 28.6 Å². The van der Waals surface area contributed by atoms with Crippen LogP contribution in [0.15, 0.2) is 24.3 Å². The number of carbonyl (C=O) groups is 2. The first-order valence-electron chi connectivity index (χ1n) is 7.43. The molecular formula is C15H19N2O5S-. The molecule has 1 aromatic rings. The van der Waals surface area contributed by atoms with Crippen molar-refractivity contribution in [3.8, 4) is 0 Å². The van der Waals surface area contributed by atoms with Gasteiger partial charge in [-0.2, -0.15) is 0 Å². The Morgan fingerprint density at radius 3 is 2.26 bits per heavy atom. The van der Waals surface area contributed by atoms with Crippen molar-refractivity contribution in [2.45, 2.75) is 19.8 Å². The number of nitrogens with one attached hydrogen (secondary N) is 1. The number of benzene rings is 1. The fourth-order valence-corrected chi connectivity index (χ4v) is 3.65. The number of anilines is 1. The van der Waals surface area contributed by atoms with Crippen LogP contribution in [0.3, 0.4) is 0 Å². The molecule has 0 radical (unpaired) electrons. The Kier molecular flexibility index (Phi) is 5.38. The standard InChI is InChI=1S/C15H20N2O5S/c1-2-23(21,22)17-9-7-11(8-10-17)14(18)16-13-5-3-12(4-6-13)15(19)20/h3-6,11H,2,7-10H2,1H3,(H,16,18)(H,19,20)/p-1. The average molecular weight is 339 g/mol. The highest BCUT2D eigenvalue weighted by atomic mass is 32.2. The van der Waals surface area contributed by atoms with Crippen molar-refractivity contribution in [3.05, 3.63) is 29.8 Å². The third-order valence-electron chi connectivity index (χ3n) is 3.97. The zero-order chi connectivity index (χ0) is 17.0. The first-order chi connectivity index (χ1) is 10.8. The van der Waals surface area contributed by atoms with Gasteiger partial charge in [-0.25, -0.2) is 12.7 Å². The molecule has 23 heavy (non-hydrogen) atoms. The molecule has 1 aliphatic rings. The van der Waals surface area contributed by atoms with Crippen LogP contribution in [0.5, 0.6) is 0 Å². The van der Waals surface area contributed by atoms with Gasteiger partial charge in [0, 0.05) is 24.7 Å². The SMILES string of the molecule is CCS(=O)(=O)N1CCC(C(=O)Nc2ccc(C(=O)[O-])cc2)CC1. The monoisotopic (exact) mass is 339 g/mol. The molecule has 8 heteroatoms. The van der Waals surface area contributed by atoms with Gasteiger partial charge in [-0.3, -0.25) is 4.79 Å². The number of carboxylic acids is 1. The lowest BCUT2D eigenvalue weighted by atomic mass is 9.97. The maximum Gasteiger partial charge on any atom is 0.227 e. The van der Waals surface area contributed by atoms with E-state index < -0.39 is 16.0 Å². The summed E-state index contributed by atoms with van der Waals surface area (Å²) in [5, 5.41) is 13.4. The van der Waals surface area contributed by atoms with Crippen LogP contribution in [0.1, 0.15) is 30.1 Å². The van der Waals surface area contributed by atoms with Crippen LogP contribution in [0, 0.1) is 5.92 Å². The van der Waals surface area contributed by atoms with Crippen LogP contribution in [0.2, 0.25) is 0 Å². The van der Waals surface area contributed by atoms with Gasteiger partial charge < -0.3 is 15.2 Å². The molecular weight excluding hydrogens is 320 g/mol. The number of sulfonamides is 1. The van der Waals surface area contributed by atoms with E-state index in [-0.39, 0.29) is 23.1 Å². The minimum absolute atomic E-state index is 0.0427. The van der Waals surface area contributed by atoms with E-state index in [0.717, 1.165) is 0 Å². The molecule has 1 heterocycles. The molecule has 0 bridgehead atoms. The first kappa shape index (κ1) is 17.4. The molecule has 7 nitrogen and oxygen atoms in total. The van der Waals surface area contributed by atoms with Crippen molar-refractivity contribution in [1.82, 2.24) is 4.31 Å². The summed E-state index contributed by atoms with van der Waals surface area (Å²) < 4.78 is 25.0. The van der Waals surface area contributed by atoms with Crippen LogP contribution in [0.4, 0.5) is 5.69 Å². The third kappa shape index (κ3) is 4.29. The second-order valence-electron chi connectivity index (χ2n) is 5.43. The second kappa shape index (κ2) is 7.10. The van der Waals surface area contributed by atoms with Gasteiger partial charge in [0.05, 0.1) is 11.7 Å². The van der Waals surface area contributed by atoms with Crippen molar-refractivity contribution in [1.29, 1.82) is 0 Å². The fourth-order valence-electron chi connectivity index (χ4n) is 2.51. The molecule has 1 saturated heterocycles. The molecule has 1 amide bonds. The number of hydrogen-bond acceptors (Lipinski definition) is 5. The Labute approximate surface area is 135 Å². The zero-order valence-electron chi connectivity index (χ0n) is 12.8. The molecule has 1 fully saturated rings. The lowest BCUT2D eigenvalue weighted by molar-refractivity contribution is -0.255. The minimum atomic E-state index is -3.20. The van der Waals surface area contributed by atoms with E-state index in [1.807, 2.05) is 0 Å². The summed E-state index contributed by atoms with van der Waals surface area (Å²) in [4.78, 5) is 22.9. The number of carbonyl (C=O) groups excluding carboxylic acids is 2. The van der Waals surface area contributed by atoms with Gasteiger partial charge in [0.2, 0.25) is 15.9 Å². The molecule has 1 aromatic carbocycles. The zero-order valence-corrected chi connectivity index (χ0v) is 13.6. The van der Waals surface area contributed by atoms with Crippen LogP contribution in [-0.2, 0) is 14.8 Å². The molecule has 1 N–H and O–H groups in total. The summed E-state index contributed by atoms with van der Waals surface area (Å²) >= 11 is 0. The molecule has 0 atom stereocenters. The third-order valence-corrected chi connectivity index (χ3v) is 5.85. The van der Waals surface area contributed by atoms with Crippen LogP contribution >= 0.6 is 0 Å². The summed E-state index contributed by atoms with van der Waals surface area (Å²) in [5.74, 6) is -1.64. The summed E-state index contributed by atoms with van der Waals surface area (Å²) in [6.45, 7) is 2.29. The topological polar surface area (TPSA) is 107 Å². The lowest BCUT2D eigenvalue weighted by Crippen LogP contribution is -2.42. The Balaban J connectivity index is 1.91. The van der Waals surface area contributed by atoms with Crippen LogP contribution in [0.25, 0.3) is 0 Å². The lowest BCUT2D eigenvalue weighted by Gasteiger charge is -2.30. The molecule has 0 spiro atoms. The van der Waals surface area contributed by atoms with Gasteiger partial charge in [0.25, 0.3) is 0 Å². The maximum atomic E-state index is 12.2. The van der Waals surface area contributed by atoms with Crippen molar-refractivity contribution in [2.75, 3.05) is 24.2 Å². The highest BCUT2D eigenvalue weighted by molar-refractivity contribution is 7.89. The number of carboxylic acid groups (broad SMARTS) is 1. The summed E-state index contributed by atoms with van der Waals surface area (Å²) in [6, 6.07) is 5.72. The van der Waals surface area contributed by atoms with E-state index in [2.05, 4.69) is 5.32 Å². The number of hydrogen-bond donors (Lipinski definition) is 1. The van der Waals surface area contributed by atoms with E-state index in [4.69, 9.17) is 0 Å². The first-order valence-corrected chi connectivity index (χ1v) is 9.04. The van der Waals surface area contributed by atoms with Crippen molar-refractivity contribution < 1.29 is 23.1 Å². The Morgan fingerprint density at radius 1 is 1.22 bits per heavy atom. The average Bonchev–Trinajstić information content (AvgIpc) is 2.55. The number of nitrogens with zero attached hydrogens (tertiary/aromatic N) is 1. The van der Waals surface area contributed by atoms with Gasteiger partial charge in [-0.15, -0.1) is 0 Å². The number of piperidine rings is 1. The second-order valence-corrected chi connectivity index (χ2v) is 7.69. The summed E-state index contributed by atoms with van der Waals surface area (Å²) in [7, 11) is -3.20. The minimum Gasteiger partial charge on any atom is -0.545 e. The fraction of sp³-hybridized carbons (Fsp3) is 0.467. The normalized spacial score (nSPS) is 16.9. The van der Waals surface area contributed by atoms with E-state index in [0.29, 0.717) is 31.6 Å². The molecule has 0 saturated carbocycles. The predicted octanol–water partition coefficient (Wildman–Crippen LogP) is 0.0503. The van der Waals surface area contributed by atoms with Gasteiger partial charge in [0.15, 0.2) is 0 Å². The van der Waals surface area contributed by atoms with E-state index >= 15 is 0 Å². The number of aromatic carboxylic acids is 1.